The van der Waals surface area contributed by atoms with E-state index in [0.29, 0.717) is 0 Å². The van der Waals surface area contributed by atoms with Crippen molar-refractivity contribution in [3.63, 3.8) is 0 Å². The number of benzene rings is 2. The van der Waals surface area contributed by atoms with Crippen LogP contribution in [0.25, 0.3) is 16.7 Å². The normalized spacial score (nSPS) is 15.2. The zero-order chi connectivity index (χ0) is 13.7. The van der Waals surface area contributed by atoms with E-state index in [4.69, 9.17) is 0 Å². The van der Waals surface area contributed by atoms with Crippen molar-refractivity contribution in [3.8, 4) is 11.1 Å². The zero-order valence-corrected chi connectivity index (χ0v) is 12.0. The van der Waals surface area contributed by atoms with Gasteiger partial charge in [-0.25, -0.2) is 0 Å². The molecular weight excluding hydrogens is 240 g/mol. The summed E-state index contributed by atoms with van der Waals surface area (Å²) >= 11 is 0. The molecule has 0 saturated heterocycles. The quantitative estimate of drug-likeness (QED) is 0.561. The number of allylic oxidation sites excluding steroid dienone is 4. The predicted octanol–water partition coefficient (Wildman–Crippen LogP) is 5.22. The minimum absolute atomic E-state index is 1.07. The molecule has 2 aromatic rings. The molecule has 0 spiro atoms. The molecule has 4 rings (SSSR count). The van der Waals surface area contributed by atoms with Gasteiger partial charge in [0.05, 0.1) is 0 Å². The second kappa shape index (κ2) is 4.21. The van der Waals surface area contributed by atoms with Gasteiger partial charge in [-0.2, -0.15) is 0 Å². The van der Waals surface area contributed by atoms with E-state index in [9.17, 15) is 0 Å². The van der Waals surface area contributed by atoms with Crippen molar-refractivity contribution in [1.82, 2.24) is 0 Å². The number of rotatable bonds is 1. The molecule has 0 N–H and O–H groups in total. The minimum atomic E-state index is 1.07. The van der Waals surface area contributed by atoms with Crippen LogP contribution >= 0.6 is 0 Å². The summed E-state index contributed by atoms with van der Waals surface area (Å²) in [4.78, 5) is 0. The van der Waals surface area contributed by atoms with Gasteiger partial charge in [0.2, 0.25) is 0 Å². The van der Waals surface area contributed by atoms with Crippen LogP contribution in [-0.4, -0.2) is 0 Å². The van der Waals surface area contributed by atoms with E-state index in [-0.39, 0.29) is 0 Å². The Balaban J connectivity index is 2.01. The third-order valence-electron chi connectivity index (χ3n) is 4.73. The fraction of sp³-hybridized carbons (Fsp3) is 0.200. The first-order chi connectivity index (χ1) is 9.75. The largest absolute Gasteiger partial charge is 0.0801 e. The van der Waals surface area contributed by atoms with Crippen LogP contribution < -0.4 is 0 Å². The van der Waals surface area contributed by atoms with Crippen LogP contribution in [0.15, 0.2) is 48.6 Å². The number of fused-ring (bicyclic) bond motifs is 3. The molecule has 0 aliphatic heterocycles. The van der Waals surface area contributed by atoms with Crippen molar-refractivity contribution < 1.29 is 0 Å². The average Bonchev–Trinajstić information content (AvgIpc) is 3.10. The highest BCUT2D eigenvalue weighted by Gasteiger charge is 2.24. The Morgan fingerprint density at radius 2 is 1.85 bits per heavy atom. The highest BCUT2D eigenvalue weighted by atomic mass is 14.3. The summed E-state index contributed by atoms with van der Waals surface area (Å²) < 4.78 is 0. The van der Waals surface area contributed by atoms with Gasteiger partial charge in [0.1, 0.15) is 0 Å². The Morgan fingerprint density at radius 1 is 1.00 bits per heavy atom. The van der Waals surface area contributed by atoms with Crippen molar-refractivity contribution in [2.75, 3.05) is 0 Å². The average molecular weight is 258 g/mol. The molecule has 0 radical (unpaired) electrons. The third kappa shape index (κ3) is 1.54. The standard InChI is InChI=1S/C20H18/c1-13-11-18(15-7-3-4-8-15)19-12-16-9-5-6-10-17(16)20(19)14(13)2/h3-7,9-11H,8,12H2,1-2H3. The molecule has 0 nitrogen and oxygen atoms in total. The van der Waals surface area contributed by atoms with E-state index in [0.717, 1.165) is 12.8 Å². The molecular formula is C20H18. The maximum atomic E-state index is 2.39. The molecule has 2 aliphatic rings. The summed E-state index contributed by atoms with van der Waals surface area (Å²) in [7, 11) is 0. The van der Waals surface area contributed by atoms with Gasteiger partial charge in [0.15, 0.2) is 0 Å². The van der Waals surface area contributed by atoms with Crippen molar-refractivity contribution in [2.24, 2.45) is 0 Å². The molecule has 0 aromatic heterocycles. The fourth-order valence-corrected chi connectivity index (χ4v) is 3.56. The highest BCUT2D eigenvalue weighted by Crippen LogP contribution is 2.44. The Morgan fingerprint density at radius 3 is 2.65 bits per heavy atom. The van der Waals surface area contributed by atoms with Gasteiger partial charge in [-0.05, 0) is 71.2 Å². The van der Waals surface area contributed by atoms with Crippen LogP contribution in [0.5, 0.6) is 0 Å². The molecule has 0 bridgehead atoms. The maximum Gasteiger partial charge on any atom is -0.000729 e. The van der Waals surface area contributed by atoms with Crippen LogP contribution in [-0.2, 0) is 6.42 Å². The molecule has 2 aliphatic carbocycles. The van der Waals surface area contributed by atoms with Crippen molar-refractivity contribution in [2.45, 2.75) is 26.7 Å². The summed E-state index contributed by atoms with van der Waals surface area (Å²) in [5.74, 6) is 0. The lowest BCUT2D eigenvalue weighted by molar-refractivity contribution is 1.21. The molecule has 0 heteroatoms. The highest BCUT2D eigenvalue weighted by molar-refractivity contribution is 5.87. The van der Waals surface area contributed by atoms with Crippen molar-refractivity contribution in [3.05, 3.63) is 76.4 Å². The molecule has 0 atom stereocenters. The molecule has 0 fully saturated rings. The summed E-state index contributed by atoms with van der Waals surface area (Å²) in [6.45, 7) is 4.50. The maximum absolute atomic E-state index is 2.39. The topological polar surface area (TPSA) is 0 Å². The van der Waals surface area contributed by atoms with Crippen molar-refractivity contribution in [1.29, 1.82) is 0 Å². The smallest absolute Gasteiger partial charge is 0.000729 e. The van der Waals surface area contributed by atoms with Gasteiger partial charge in [-0.15, -0.1) is 0 Å². The summed E-state index contributed by atoms with van der Waals surface area (Å²) in [5.41, 5.74) is 11.7. The zero-order valence-electron chi connectivity index (χ0n) is 12.0. The van der Waals surface area contributed by atoms with Gasteiger partial charge in [0.25, 0.3) is 0 Å². The Kier molecular flexibility index (Phi) is 2.47. The molecule has 98 valence electrons. The number of aryl methyl sites for hydroxylation is 1. The molecule has 2 aromatic carbocycles. The SMILES string of the molecule is Cc1cc(C2=CC=CC2)c2c(c1C)-c1ccccc1C2. The lowest BCUT2D eigenvalue weighted by Gasteiger charge is -2.15. The van der Waals surface area contributed by atoms with E-state index in [2.05, 4.69) is 62.4 Å². The Bertz CT molecular complexity index is 773. The summed E-state index contributed by atoms with van der Waals surface area (Å²) in [6.07, 6.45) is 8.86. The van der Waals surface area contributed by atoms with E-state index >= 15 is 0 Å². The van der Waals surface area contributed by atoms with Crippen LogP contribution in [0.3, 0.4) is 0 Å². The second-order valence-corrected chi connectivity index (χ2v) is 5.88. The first-order valence-electron chi connectivity index (χ1n) is 7.33. The van der Waals surface area contributed by atoms with E-state index in [1.165, 1.54) is 44.5 Å². The van der Waals surface area contributed by atoms with Gasteiger partial charge < -0.3 is 0 Å². The fourth-order valence-electron chi connectivity index (χ4n) is 3.56. The van der Waals surface area contributed by atoms with Crippen LogP contribution in [0.1, 0.15) is 34.2 Å². The monoisotopic (exact) mass is 258 g/mol. The third-order valence-corrected chi connectivity index (χ3v) is 4.73. The van der Waals surface area contributed by atoms with Crippen molar-refractivity contribution >= 4 is 5.57 Å². The van der Waals surface area contributed by atoms with Crippen LogP contribution in [0, 0.1) is 13.8 Å². The van der Waals surface area contributed by atoms with Gasteiger partial charge in [-0.1, -0.05) is 48.6 Å². The molecule has 0 unspecified atom stereocenters. The first kappa shape index (κ1) is 11.7. The molecule has 0 amide bonds. The number of hydrogen-bond acceptors (Lipinski definition) is 0. The molecule has 0 heterocycles. The van der Waals surface area contributed by atoms with Gasteiger partial charge in [0, 0.05) is 0 Å². The van der Waals surface area contributed by atoms with Crippen LogP contribution in [0.4, 0.5) is 0 Å². The second-order valence-electron chi connectivity index (χ2n) is 5.88. The first-order valence-corrected chi connectivity index (χ1v) is 7.33. The van der Waals surface area contributed by atoms with Gasteiger partial charge >= 0.3 is 0 Å². The summed E-state index contributed by atoms with van der Waals surface area (Å²) in [6, 6.07) is 11.3. The number of hydrogen-bond donors (Lipinski definition) is 0. The van der Waals surface area contributed by atoms with E-state index in [1.54, 1.807) is 0 Å². The van der Waals surface area contributed by atoms with E-state index in [1.807, 2.05) is 0 Å². The lowest BCUT2D eigenvalue weighted by atomic mass is 9.89. The minimum Gasteiger partial charge on any atom is -0.0801 e. The molecule has 0 saturated carbocycles. The Hall–Kier alpha value is -2.08. The van der Waals surface area contributed by atoms with E-state index < -0.39 is 0 Å². The molecule has 20 heavy (non-hydrogen) atoms. The van der Waals surface area contributed by atoms with Crippen LogP contribution in [0.2, 0.25) is 0 Å². The van der Waals surface area contributed by atoms with Gasteiger partial charge in [-0.3, -0.25) is 0 Å². The predicted molar refractivity (Wildman–Crippen MR) is 85.9 cm³/mol. The Labute approximate surface area is 120 Å². The summed E-state index contributed by atoms with van der Waals surface area (Å²) in [5, 5.41) is 0. The lowest BCUT2D eigenvalue weighted by Crippen LogP contribution is -1.96.